The van der Waals surface area contributed by atoms with Crippen LogP contribution in [0.25, 0.3) is 0 Å². The maximum absolute atomic E-state index is 12.6. The van der Waals surface area contributed by atoms with Gasteiger partial charge in [-0.15, -0.1) is 11.8 Å². The Hall–Kier alpha value is -2.82. The van der Waals surface area contributed by atoms with Crippen molar-refractivity contribution in [2.24, 2.45) is 17.3 Å². The highest BCUT2D eigenvalue weighted by atomic mass is 32.2. The Kier molecular flexibility index (Phi) is 15.3. The summed E-state index contributed by atoms with van der Waals surface area (Å²) in [5, 5.41) is 1.61. The Balaban J connectivity index is 0.00000242. The number of halogens is 3. The Morgan fingerprint density at radius 3 is 2.33 bits per heavy atom. The third kappa shape index (κ3) is 12.7. The molecule has 182 valence electrons. The van der Waals surface area contributed by atoms with E-state index < -0.39 is 11.7 Å². The molecule has 0 atom stereocenters. The minimum absolute atomic E-state index is 0.507. The number of nitrogens with two attached hydrogens (primary N) is 3. The van der Waals surface area contributed by atoms with E-state index in [1.807, 2.05) is 38.1 Å². The topological polar surface area (TPSA) is 111 Å². The van der Waals surface area contributed by atoms with Crippen molar-refractivity contribution in [3.63, 3.8) is 0 Å². The summed E-state index contributed by atoms with van der Waals surface area (Å²) in [7, 11) is 1.50. The van der Waals surface area contributed by atoms with E-state index >= 15 is 0 Å². The summed E-state index contributed by atoms with van der Waals surface area (Å²) in [4.78, 5) is 13.1. The van der Waals surface area contributed by atoms with Gasteiger partial charge < -0.3 is 21.3 Å². The second kappa shape index (κ2) is 16.8. The number of alkyl halides is 3. The lowest BCUT2D eigenvalue weighted by molar-refractivity contribution is -0.137. The van der Waals surface area contributed by atoms with Crippen LogP contribution in [0.15, 0.2) is 66.0 Å². The fourth-order valence-corrected chi connectivity index (χ4v) is 3.49. The molecule has 0 saturated carbocycles. The van der Waals surface area contributed by atoms with Gasteiger partial charge in [0.05, 0.1) is 12.1 Å². The monoisotopic (exact) mass is 483 g/mol. The molecular weight excluding hydrogens is 451 g/mol. The number of aryl methyl sites for hydroxylation is 1. The average Bonchev–Trinajstić information content (AvgIpc) is 2.80. The van der Waals surface area contributed by atoms with Crippen LogP contribution >= 0.6 is 11.8 Å². The van der Waals surface area contributed by atoms with Crippen molar-refractivity contribution in [2.75, 3.05) is 12.8 Å². The van der Waals surface area contributed by atoms with Gasteiger partial charge in [-0.25, -0.2) is 5.84 Å². The number of benzene rings is 1. The van der Waals surface area contributed by atoms with Gasteiger partial charge in [0.2, 0.25) is 0 Å². The molecule has 0 unspecified atom stereocenters. The van der Waals surface area contributed by atoms with E-state index in [4.69, 9.17) is 16.4 Å². The summed E-state index contributed by atoms with van der Waals surface area (Å²) in [6.45, 7) is 4.53. The van der Waals surface area contributed by atoms with E-state index in [-0.39, 0.29) is 0 Å². The number of carbonyl (C=O) groups excluding carboxylic acids is 1. The Bertz CT molecular complexity index is 858. The van der Waals surface area contributed by atoms with E-state index in [0.29, 0.717) is 13.0 Å². The van der Waals surface area contributed by atoms with Crippen LogP contribution in [-0.2, 0) is 23.9 Å². The third-order valence-corrected chi connectivity index (χ3v) is 5.13. The van der Waals surface area contributed by atoms with Crippen LogP contribution in [0, 0.1) is 6.92 Å². The first-order chi connectivity index (χ1) is 15.8. The van der Waals surface area contributed by atoms with Gasteiger partial charge in [0.15, 0.2) is 0 Å². The number of hydrazine groups is 1. The number of aromatic nitrogens is 1. The maximum Gasteiger partial charge on any atom is 0.416 e. The van der Waals surface area contributed by atoms with E-state index in [2.05, 4.69) is 10.7 Å². The summed E-state index contributed by atoms with van der Waals surface area (Å²) < 4.78 is 37.9. The second-order valence-corrected chi connectivity index (χ2v) is 7.73. The molecule has 10 heteroatoms. The van der Waals surface area contributed by atoms with Gasteiger partial charge in [0.1, 0.15) is 6.79 Å². The standard InChI is InChI=1S/C21H25F3N4S.CH5N.CH2O/c1-16-12-18(8-9-27-16)15-28(26)10-2-3-11-29-20(14-25)13-17-4-6-19(7-5-17)21(22,23)24;2*1-2/h2,4-10,12,14H,3,11,13,15,25-26H2,1H3;2H2,1H3;1H2/b10-2-,20-14-;;. The predicted octanol–water partition coefficient (Wildman–Crippen LogP) is 4.15. The molecule has 33 heavy (non-hydrogen) atoms. The molecule has 0 fully saturated rings. The molecule has 0 amide bonds. The molecule has 1 aromatic carbocycles. The Labute approximate surface area is 197 Å². The average molecular weight is 484 g/mol. The number of pyridine rings is 1. The molecule has 0 bridgehead atoms. The van der Waals surface area contributed by atoms with Crippen molar-refractivity contribution in [1.29, 1.82) is 0 Å². The van der Waals surface area contributed by atoms with Crippen LogP contribution in [0.2, 0.25) is 0 Å². The first-order valence-electron chi connectivity index (χ1n) is 9.94. The lowest BCUT2D eigenvalue weighted by Crippen LogP contribution is -2.24. The van der Waals surface area contributed by atoms with Crippen molar-refractivity contribution in [3.8, 4) is 0 Å². The zero-order valence-corrected chi connectivity index (χ0v) is 19.7. The molecule has 1 heterocycles. The zero-order chi connectivity index (χ0) is 25.3. The highest BCUT2D eigenvalue weighted by Crippen LogP contribution is 2.30. The lowest BCUT2D eigenvalue weighted by atomic mass is 10.1. The van der Waals surface area contributed by atoms with Gasteiger partial charge in [0, 0.05) is 41.4 Å². The summed E-state index contributed by atoms with van der Waals surface area (Å²) >= 11 is 1.58. The smallest absolute Gasteiger partial charge is 0.404 e. The molecule has 2 aromatic rings. The van der Waals surface area contributed by atoms with E-state index in [1.54, 1.807) is 23.0 Å². The molecule has 0 aliphatic rings. The van der Waals surface area contributed by atoms with Crippen LogP contribution in [0.4, 0.5) is 13.2 Å². The van der Waals surface area contributed by atoms with Crippen LogP contribution in [-0.4, -0.2) is 29.6 Å². The molecule has 2 rings (SSSR count). The summed E-state index contributed by atoms with van der Waals surface area (Å²) in [6, 6.07) is 9.08. The lowest BCUT2D eigenvalue weighted by Gasteiger charge is -2.13. The minimum atomic E-state index is -4.32. The van der Waals surface area contributed by atoms with Crippen molar-refractivity contribution < 1.29 is 18.0 Å². The number of carbonyl (C=O) groups is 1. The van der Waals surface area contributed by atoms with Crippen molar-refractivity contribution in [2.45, 2.75) is 32.5 Å². The molecule has 0 aliphatic carbocycles. The molecule has 0 aliphatic heterocycles. The largest absolute Gasteiger partial charge is 0.416 e. The van der Waals surface area contributed by atoms with Gasteiger partial charge in [-0.2, -0.15) is 13.2 Å². The van der Waals surface area contributed by atoms with Gasteiger partial charge in [0.25, 0.3) is 0 Å². The summed E-state index contributed by atoms with van der Waals surface area (Å²) in [6.07, 6.45) is 4.05. The first-order valence-corrected chi connectivity index (χ1v) is 10.9. The SMILES string of the molecule is C=O.CN.Cc1cc(CN(N)/C=C\CCS/C(=C\N)Cc2ccc(C(F)(F)F)cc2)ccn1. The van der Waals surface area contributed by atoms with Crippen LogP contribution in [0.3, 0.4) is 0 Å². The zero-order valence-electron chi connectivity index (χ0n) is 18.9. The van der Waals surface area contributed by atoms with E-state index in [0.717, 1.165) is 46.0 Å². The van der Waals surface area contributed by atoms with Crippen LogP contribution in [0.1, 0.15) is 28.8 Å². The minimum Gasteiger partial charge on any atom is -0.404 e. The fourth-order valence-electron chi connectivity index (χ4n) is 2.60. The summed E-state index contributed by atoms with van der Waals surface area (Å²) in [5.41, 5.74) is 12.3. The maximum atomic E-state index is 12.6. The van der Waals surface area contributed by atoms with E-state index in [1.165, 1.54) is 25.4 Å². The van der Waals surface area contributed by atoms with Crippen molar-refractivity contribution in [3.05, 3.63) is 88.4 Å². The quantitative estimate of drug-likeness (QED) is 0.279. The van der Waals surface area contributed by atoms with Crippen LogP contribution < -0.4 is 17.3 Å². The number of rotatable bonds is 9. The first kappa shape index (κ1) is 30.2. The van der Waals surface area contributed by atoms with Gasteiger partial charge in [-0.3, -0.25) is 4.98 Å². The Morgan fingerprint density at radius 2 is 1.79 bits per heavy atom. The number of thioether (sulfide) groups is 1. The van der Waals surface area contributed by atoms with Crippen molar-refractivity contribution >= 4 is 18.6 Å². The highest BCUT2D eigenvalue weighted by molar-refractivity contribution is 8.03. The molecular formula is C23H32F3N5OS. The molecule has 0 spiro atoms. The Morgan fingerprint density at radius 1 is 1.15 bits per heavy atom. The third-order valence-electron chi connectivity index (χ3n) is 4.04. The second-order valence-electron chi connectivity index (χ2n) is 6.50. The van der Waals surface area contributed by atoms with Gasteiger partial charge in [-0.05, 0) is 55.8 Å². The van der Waals surface area contributed by atoms with Gasteiger partial charge >= 0.3 is 6.18 Å². The summed E-state index contributed by atoms with van der Waals surface area (Å²) in [5.74, 6) is 6.77. The number of hydrogen-bond donors (Lipinski definition) is 3. The van der Waals surface area contributed by atoms with Crippen molar-refractivity contribution in [1.82, 2.24) is 9.99 Å². The van der Waals surface area contributed by atoms with E-state index in [9.17, 15) is 13.2 Å². The molecule has 0 radical (unpaired) electrons. The van der Waals surface area contributed by atoms with Gasteiger partial charge in [-0.1, -0.05) is 18.2 Å². The van der Waals surface area contributed by atoms with Crippen LogP contribution in [0.5, 0.6) is 0 Å². The molecule has 6 nitrogen and oxygen atoms in total. The predicted molar refractivity (Wildman–Crippen MR) is 130 cm³/mol. The molecule has 6 N–H and O–H groups in total. The number of allylic oxidation sites excluding steroid dienone is 2. The fraction of sp³-hybridized carbons (Fsp3) is 0.304. The highest BCUT2D eigenvalue weighted by Gasteiger charge is 2.29. The normalized spacial score (nSPS) is 11.3. The number of nitrogens with zero attached hydrogens (tertiary/aromatic N) is 2. The number of hydrogen-bond acceptors (Lipinski definition) is 7. The molecule has 1 aromatic heterocycles. The molecule has 0 saturated heterocycles.